The Hall–Kier alpha value is -2.50. The van der Waals surface area contributed by atoms with Crippen LogP contribution in [0, 0.1) is 5.82 Å². The minimum atomic E-state index is -2.95. The van der Waals surface area contributed by atoms with Gasteiger partial charge in [0.25, 0.3) is 5.92 Å². The van der Waals surface area contributed by atoms with E-state index >= 15 is 0 Å². The normalized spacial score (nSPS) is 11.2. The Labute approximate surface area is 119 Å². The highest BCUT2D eigenvalue weighted by molar-refractivity contribution is 5.92. The molecule has 6 heteroatoms. The SMILES string of the molecule is CC(F)(F)c1ccc(Oc2ccc(C(N)=O)cc2F)cc1. The van der Waals surface area contributed by atoms with Crippen LogP contribution >= 0.6 is 0 Å². The van der Waals surface area contributed by atoms with Crippen molar-refractivity contribution in [1.82, 2.24) is 0 Å². The van der Waals surface area contributed by atoms with E-state index < -0.39 is 17.6 Å². The molecule has 2 aromatic rings. The molecular weight excluding hydrogens is 283 g/mol. The summed E-state index contributed by atoms with van der Waals surface area (Å²) in [7, 11) is 0. The van der Waals surface area contributed by atoms with Crippen molar-refractivity contribution >= 4 is 5.91 Å². The molecule has 2 N–H and O–H groups in total. The molecular formula is C15H12F3NO2. The zero-order chi connectivity index (χ0) is 15.6. The topological polar surface area (TPSA) is 52.3 Å². The molecule has 3 nitrogen and oxygen atoms in total. The fourth-order valence-corrected chi connectivity index (χ4v) is 1.68. The van der Waals surface area contributed by atoms with Crippen LogP contribution in [0.25, 0.3) is 0 Å². The smallest absolute Gasteiger partial charge is 0.270 e. The summed E-state index contributed by atoms with van der Waals surface area (Å²) in [5, 5.41) is 0. The van der Waals surface area contributed by atoms with Gasteiger partial charge in [-0.2, -0.15) is 0 Å². The number of hydrogen-bond donors (Lipinski definition) is 1. The number of nitrogens with two attached hydrogens (primary N) is 1. The van der Waals surface area contributed by atoms with Gasteiger partial charge in [0.1, 0.15) is 5.75 Å². The molecule has 1 amide bonds. The predicted octanol–water partition coefficient (Wildman–Crippen LogP) is 3.83. The van der Waals surface area contributed by atoms with Crippen molar-refractivity contribution in [2.24, 2.45) is 5.73 Å². The zero-order valence-corrected chi connectivity index (χ0v) is 11.1. The fraction of sp³-hybridized carbons (Fsp3) is 0.133. The number of carbonyl (C=O) groups excluding carboxylic acids is 1. The van der Waals surface area contributed by atoms with Crippen LogP contribution in [-0.2, 0) is 5.92 Å². The van der Waals surface area contributed by atoms with Gasteiger partial charge in [0, 0.05) is 18.1 Å². The first-order valence-electron chi connectivity index (χ1n) is 6.03. The average Bonchev–Trinajstić information content (AvgIpc) is 2.40. The van der Waals surface area contributed by atoms with Gasteiger partial charge in [-0.15, -0.1) is 0 Å². The summed E-state index contributed by atoms with van der Waals surface area (Å²) in [4.78, 5) is 10.9. The van der Waals surface area contributed by atoms with E-state index in [4.69, 9.17) is 10.5 Å². The van der Waals surface area contributed by atoms with Crippen molar-refractivity contribution in [3.63, 3.8) is 0 Å². The molecule has 0 radical (unpaired) electrons. The van der Waals surface area contributed by atoms with Crippen LogP contribution < -0.4 is 10.5 Å². The summed E-state index contributed by atoms with van der Waals surface area (Å²) >= 11 is 0. The highest BCUT2D eigenvalue weighted by Gasteiger charge is 2.23. The summed E-state index contributed by atoms with van der Waals surface area (Å²) in [5.74, 6) is -4.40. The van der Waals surface area contributed by atoms with E-state index in [1.807, 2.05) is 0 Å². The van der Waals surface area contributed by atoms with Crippen LogP contribution in [0.15, 0.2) is 42.5 Å². The molecule has 21 heavy (non-hydrogen) atoms. The lowest BCUT2D eigenvalue weighted by Gasteiger charge is -2.12. The maximum absolute atomic E-state index is 13.7. The van der Waals surface area contributed by atoms with E-state index in [2.05, 4.69) is 0 Å². The Kier molecular flexibility index (Phi) is 3.88. The van der Waals surface area contributed by atoms with Crippen molar-refractivity contribution in [1.29, 1.82) is 0 Å². The van der Waals surface area contributed by atoms with Crippen LogP contribution in [0.3, 0.4) is 0 Å². The fourth-order valence-electron chi connectivity index (χ4n) is 1.68. The number of primary amides is 1. The van der Waals surface area contributed by atoms with Crippen molar-refractivity contribution < 1.29 is 22.7 Å². The van der Waals surface area contributed by atoms with Crippen LogP contribution in [-0.4, -0.2) is 5.91 Å². The standard InChI is InChI=1S/C15H12F3NO2/c1-15(17,18)10-3-5-11(6-4-10)21-13-7-2-9(14(19)20)8-12(13)16/h2-8H,1H3,(H2,19,20). The number of rotatable bonds is 4. The molecule has 0 saturated carbocycles. The van der Waals surface area contributed by atoms with Crippen LogP contribution in [0.1, 0.15) is 22.8 Å². The number of carbonyl (C=O) groups is 1. The number of hydrogen-bond acceptors (Lipinski definition) is 2. The lowest BCUT2D eigenvalue weighted by molar-refractivity contribution is 0.0174. The Morgan fingerprint density at radius 1 is 1.14 bits per heavy atom. The van der Waals surface area contributed by atoms with Crippen molar-refractivity contribution in [3.05, 3.63) is 59.4 Å². The Bertz CT molecular complexity index is 664. The molecule has 0 bridgehead atoms. The number of alkyl halides is 2. The Morgan fingerprint density at radius 3 is 2.24 bits per heavy atom. The van der Waals surface area contributed by atoms with Gasteiger partial charge < -0.3 is 10.5 Å². The molecule has 110 valence electrons. The van der Waals surface area contributed by atoms with E-state index in [0.717, 1.165) is 13.0 Å². The lowest BCUT2D eigenvalue weighted by atomic mass is 10.1. The maximum atomic E-state index is 13.7. The van der Waals surface area contributed by atoms with Crippen LogP contribution in [0.2, 0.25) is 0 Å². The van der Waals surface area contributed by atoms with Gasteiger partial charge in [-0.05, 0) is 42.5 Å². The summed E-state index contributed by atoms with van der Waals surface area (Å²) in [6.45, 7) is 0.783. The summed E-state index contributed by atoms with van der Waals surface area (Å²) in [6, 6.07) is 8.54. The first-order valence-corrected chi connectivity index (χ1v) is 6.03. The van der Waals surface area contributed by atoms with E-state index in [1.165, 1.54) is 36.4 Å². The molecule has 0 aliphatic rings. The second kappa shape index (κ2) is 5.47. The minimum Gasteiger partial charge on any atom is -0.454 e. The van der Waals surface area contributed by atoms with Crippen LogP contribution in [0.5, 0.6) is 11.5 Å². The van der Waals surface area contributed by atoms with Gasteiger partial charge in [-0.25, -0.2) is 13.2 Å². The second-order valence-electron chi connectivity index (χ2n) is 4.52. The predicted molar refractivity (Wildman–Crippen MR) is 71.0 cm³/mol. The van der Waals surface area contributed by atoms with E-state index in [-0.39, 0.29) is 22.6 Å². The van der Waals surface area contributed by atoms with Gasteiger partial charge >= 0.3 is 0 Å². The highest BCUT2D eigenvalue weighted by Crippen LogP contribution is 2.30. The first-order chi connectivity index (χ1) is 9.77. The molecule has 0 unspecified atom stereocenters. The molecule has 0 atom stereocenters. The van der Waals surface area contributed by atoms with E-state index in [0.29, 0.717) is 0 Å². The van der Waals surface area contributed by atoms with E-state index in [1.54, 1.807) is 0 Å². The minimum absolute atomic E-state index is 0.0147. The number of halogens is 3. The van der Waals surface area contributed by atoms with Crippen molar-refractivity contribution in [2.75, 3.05) is 0 Å². The van der Waals surface area contributed by atoms with Gasteiger partial charge in [-0.3, -0.25) is 4.79 Å². The third-order valence-electron chi connectivity index (χ3n) is 2.81. The molecule has 0 aliphatic carbocycles. The van der Waals surface area contributed by atoms with Crippen molar-refractivity contribution in [2.45, 2.75) is 12.8 Å². The van der Waals surface area contributed by atoms with Gasteiger partial charge in [-0.1, -0.05) is 0 Å². The third-order valence-corrected chi connectivity index (χ3v) is 2.81. The third kappa shape index (κ3) is 3.53. The lowest BCUT2D eigenvalue weighted by Crippen LogP contribution is -2.11. The molecule has 0 saturated heterocycles. The Morgan fingerprint density at radius 2 is 1.76 bits per heavy atom. The van der Waals surface area contributed by atoms with Crippen LogP contribution in [0.4, 0.5) is 13.2 Å². The molecule has 0 fully saturated rings. The Balaban J connectivity index is 2.20. The molecule has 0 aliphatic heterocycles. The second-order valence-corrected chi connectivity index (χ2v) is 4.52. The zero-order valence-electron chi connectivity index (χ0n) is 11.1. The number of amides is 1. The molecule has 2 aromatic carbocycles. The monoisotopic (exact) mass is 295 g/mol. The first kappa shape index (κ1) is 14.9. The van der Waals surface area contributed by atoms with Gasteiger partial charge in [0.15, 0.2) is 11.6 Å². The molecule has 2 rings (SSSR count). The quantitative estimate of drug-likeness (QED) is 0.932. The summed E-state index contributed by atoms with van der Waals surface area (Å²) < 4.78 is 45.1. The summed E-state index contributed by atoms with van der Waals surface area (Å²) in [6.07, 6.45) is 0. The largest absolute Gasteiger partial charge is 0.454 e. The van der Waals surface area contributed by atoms with E-state index in [9.17, 15) is 18.0 Å². The maximum Gasteiger partial charge on any atom is 0.270 e. The molecule has 0 aromatic heterocycles. The molecule has 0 heterocycles. The highest BCUT2D eigenvalue weighted by atomic mass is 19.3. The summed E-state index contributed by atoms with van der Waals surface area (Å²) in [5.41, 5.74) is 4.87. The number of benzene rings is 2. The van der Waals surface area contributed by atoms with Gasteiger partial charge in [0.05, 0.1) is 0 Å². The molecule has 0 spiro atoms. The van der Waals surface area contributed by atoms with Gasteiger partial charge in [0.2, 0.25) is 5.91 Å². The van der Waals surface area contributed by atoms with Crippen molar-refractivity contribution in [3.8, 4) is 11.5 Å². The average molecular weight is 295 g/mol. The number of ether oxygens (including phenoxy) is 1.